The lowest BCUT2D eigenvalue weighted by Crippen LogP contribution is -2.45. The SMILES string of the molecule is COC(=O)OC(C)On1on1N1CCC(C(=O)NS(=O)(=O)c2ccc(-n3nc(C(F)(F)F)cc3-c3ccc(C)cc3)cc2)CC1. The smallest absolute Gasteiger partial charge is 0.438 e. The number of piperidine rings is 1. The number of aryl methyl sites for hydroxylation is 1. The van der Waals surface area contributed by atoms with Gasteiger partial charge in [0, 0.05) is 36.5 Å². The lowest BCUT2D eigenvalue weighted by atomic mass is 9.97. The summed E-state index contributed by atoms with van der Waals surface area (Å²) in [4.78, 5) is 30.2. The Bertz CT molecular complexity index is 1750. The summed E-state index contributed by atoms with van der Waals surface area (Å²) in [6.07, 6.45) is -6.03. The van der Waals surface area contributed by atoms with Gasteiger partial charge in [0.05, 0.1) is 23.4 Å². The van der Waals surface area contributed by atoms with Gasteiger partial charge < -0.3 is 14.3 Å². The van der Waals surface area contributed by atoms with Crippen LogP contribution in [-0.4, -0.2) is 66.7 Å². The second-order valence-electron chi connectivity index (χ2n) is 10.2. The van der Waals surface area contributed by atoms with Crippen LogP contribution in [0.3, 0.4) is 0 Å². The van der Waals surface area contributed by atoms with Crippen molar-refractivity contribution in [3.05, 3.63) is 65.9 Å². The van der Waals surface area contributed by atoms with Gasteiger partial charge in [-0.25, -0.2) is 22.6 Å². The van der Waals surface area contributed by atoms with Crippen molar-refractivity contribution in [2.75, 3.05) is 25.2 Å². The third-order valence-electron chi connectivity index (χ3n) is 6.98. The van der Waals surface area contributed by atoms with Crippen molar-refractivity contribution in [3.63, 3.8) is 0 Å². The number of ether oxygens (including phenoxy) is 2. The van der Waals surface area contributed by atoms with Crippen molar-refractivity contribution in [3.8, 4) is 16.9 Å². The molecule has 1 saturated heterocycles. The maximum absolute atomic E-state index is 13.5. The van der Waals surface area contributed by atoms with Crippen LogP contribution in [0.2, 0.25) is 0 Å². The van der Waals surface area contributed by atoms with Gasteiger partial charge in [0.1, 0.15) is 5.02 Å². The van der Waals surface area contributed by atoms with Crippen molar-refractivity contribution in [2.24, 2.45) is 5.92 Å². The largest absolute Gasteiger partial charge is 0.511 e. The predicted molar refractivity (Wildman–Crippen MR) is 149 cm³/mol. The fourth-order valence-electron chi connectivity index (χ4n) is 4.58. The Morgan fingerprint density at radius 2 is 1.71 bits per heavy atom. The van der Waals surface area contributed by atoms with Gasteiger partial charge in [-0.05, 0) is 50.1 Å². The molecular weight excluding hydrogens is 625 g/mol. The number of aromatic nitrogens is 4. The second kappa shape index (κ2) is 12.3. The van der Waals surface area contributed by atoms with E-state index in [1.807, 2.05) is 6.92 Å². The monoisotopic (exact) mass is 654 g/mol. The van der Waals surface area contributed by atoms with E-state index in [9.17, 15) is 31.2 Å². The van der Waals surface area contributed by atoms with Gasteiger partial charge in [-0.3, -0.25) is 9.80 Å². The Balaban J connectivity index is 1.21. The van der Waals surface area contributed by atoms with Crippen molar-refractivity contribution < 1.29 is 50.1 Å². The molecule has 0 spiro atoms. The fourth-order valence-corrected chi connectivity index (χ4v) is 5.62. The molecule has 1 aliphatic heterocycles. The van der Waals surface area contributed by atoms with E-state index in [1.165, 1.54) is 36.2 Å². The highest BCUT2D eigenvalue weighted by Gasteiger charge is 2.36. The zero-order valence-electron chi connectivity index (χ0n) is 24.2. The van der Waals surface area contributed by atoms with Gasteiger partial charge in [-0.2, -0.15) is 22.9 Å². The molecule has 0 bridgehead atoms. The van der Waals surface area contributed by atoms with Crippen LogP contribution in [0, 0.1) is 12.8 Å². The second-order valence-corrected chi connectivity index (χ2v) is 11.9. The molecule has 4 aromatic rings. The third-order valence-corrected chi connectivity index (χ3v) is 8.35. The average Bonchev–Trinajstić information content (AvgIpc) is 3.60. The molecule has 1 unspecified atom stereocenters. The van der Waals surface area contributed by atoms with Crippen LogP contribution in [0.1, 0.15) is 31.0 Å². The van der Waals surface area contributed by atoms with Crippen LogP contribution in [-0.2, 0) is 30.5 Å². The van der Waals surface area contributed by atoms with Gasteiger partial charge in [0.25, 0.3) is 16.3 Å². The molecule has 45 heavy (non-hydrogen) atoms. The predicted octanol–water partition coefficient (Wildman–Crippen LogP) is 3.47. The van der Waals surface area contributed by atoms with Crippen molar-refractivity contribution in [1.82, 2.24) is 24.5 Å². The number of carbonyl (C=O) groups is 2. The summed E-state index contributed by atoms with van der Waals surface area (Å²) in [5, 5.41) is 6.40. The number of rotatable bonds is 9. The molecule has 0 aliphatic carbocycles. The van der Waals surface area contributed by atoms with E-state index < -0.39 is 46.2 Å². The number of carbonyl (C=O) groups excluding carboxylic acids is 2. The summed E-state index contributed by atoms with van der Waals surface area (Å²) in [5.41, 5.74) is 0.685. The highest BCUT2D eigenvalue weighted by atomic mass is 32.2. The maximum Gasteiger partial charge on any atom is 0.511 e. The molecule has 1 amide bonds. The van der Waals surface area contributed by atoms with Crippen LogP contribution in [0.5, 0.6) is 0 Å². The van der Waals surface area contributed by atoms with Gasteiger partial charge in [0.15, 0.2) is 5.69 Å². The molecule has 1 fully saturated rings. The topological polar surface area (TPSA) is 152 Å². The van der Waals surface area contributed by atoms with Gasteiger partial charge in [0.2, 0.25) is 5.91 Å². The maximum atomic E-state index is 13.5. The number of halogens is 3. The van der Waals surface area contributed by atoms with E-state index in [2.05, 4.69) is 14.6 Å². The molecule has 1 atom stereocenters. The van der Waals surface area contributed by atoms with E-state index >= 15 is 0 Å². The van der Waals surface area contributed by atoms with Crippen LogP contribution < -0.4 is 14.6 Å². The first kappa shape index (κ1) is 31.6. The Kier molecular flexibility index (Phi) is 8.59. The van der Waals surface area contributed by atoms with Crippen molar-refractivity contribution in [2.45, 2.75) is 44.1 Å². The van der Waals surface area contributed by atoms with E-state index in [-0.39, 0.29) is 16.3 Å². The normalized spacial score (nSPS) is 15.1. The number of hydrogen-bond acceptors (Lipinski definition) is 10. The first-order chi connectivity index (χ1) is 21.2. The highest BCUT2D eigenvalue weighted by molar-refractivity contribution is 7.90. The van der Waals surface area contributed by atoms with E-state index in [4.69, 9.17) is 14.2 Å². The number of amides is 1. The summed E-state index contributed by atoms with van der Waals surface area (Å²) in [6.45, 7) is 3.95. The number of nitrogens with zero attached hydrogens (tertiary/aromatic N) is 5. The number of benzene rings is 2. The lowest BCUT2D eigenvalue weighted by molar-refractivity contribution is -0.141. The quantitative estimate of drug-likeness (QED) is 0.210. The minimum absolute atomic E-state index is 0.171. The van der Waals surface area contributed by atoms with Crippen molar-refractivity contribution >= 4 is 22.1 Å². The fraction of sp³-hybridized carbons (Fsp3) is 0.370. The van der Waals surface area contributed by atoms with Gasteiger partial charge >= 0.3 is 12.3 Å². The molecule has 242 valence electrons. The van der Waals surface area contributed by atoms with Gasteiger partial charge in [-0.1, -0.05) is 29.8 Å². The molecule has 3 heterocycles. The van der Waals surface area contributed by atoms with Gasteiger partial charge in [-0.15, -0.1) is 0 Å². The Hall–Kier alpha value is -4.87. The summed E-state index contributed by atoms with van der Waals surface area (Å²) in [5.74, 6) is -1.31. The van der Waals surface area contributed by atoms with E-state index in [0.29, 0.717) is 31.5 Å². The van der Waals surface area contributed by atoms with Crippen LogP contribution in [0.15, 0.2) is 64.1 Å². The van der Waals surface area contributed by atoms with Crippen LogP contribution >= 0.6 is 0 Å². The molecule has 1 aliphatic rings. The molecule has 5 rings (SSSR count). The molecule has 18 heteroatoms. The number of hydrogen-bond donors (Lipinski definition) is 1. The molecule has 14 nitrogen and oxygen atoms in total. The molecular formula is C27H29F3N6O8S. The minimum Gasteiger partial charge on any atom is -0.438 e. The summed E-state index contributed by atoms with van der Waals surface area (Å²) in [7, 11) is -3.13. The molecule has 2 aromatic carbocycles. The lowest BCUT2D eigenvalue weighted by Gasteiger charge is -2.28. The van der Waals surface area contributed by atoms with E-state index in [1.54, 1.807) is 29.3 Å². The van der Waals surface area contributed by atoms with Crippen LogP contribution in [0.4, 0.5) is 18.0 Å². The van der Waals surface area contributed by atoms with Crippen LogP contribution in [0.25, 0.3) is 16.9 Å². The van der Waals surface area contributed by atoms with E-state index in [0.717, 1.165) is 28.4 Å². The average molecular weight is 655 g/mol. The first-order valence-electron chi connectivity index (χ1n) is 13.6. The Morgan fingerprint density at radius 1 is 1.07 bits per heavy atom. The zero-order valence-corrected chi connectivity index (χ0v) is 25.0. The standard InChI is InChI=1S/C27H29F3N6O8S/c1-17-4-6-19(7-5-17)23-16-24(27(28,29)30)31-34(23)21-8-10-22(11-9-21)45(39,40)32-25(37)20-12-14-33(15-13-20)35-36(44-35)43-18(2)42-26(38)41-3/h4-11,16,18,20H,12-15H2,1-3H3,(H,32,37). The molecule has 0 radical (unpaired) electrons. The zero-order chi connectivity index (χ0) is 32.5. The number of sulfonamides is 1. The molecule has 1 N–H and O–H groups in total. The third kappa shape index (κ3) is 7.27. The first-order valence-corrected chi connectivity index (χ1v) is 15.1. The molecule has 2 aromatic heterocycles. The number of methoxy groups -OCH3 is 1. The highest BCUT2D eigenvalue weighted by Crippen LogP contribution is 2.33. The number of alkyl halides is 3. The Morgan fingerprint density at radius 3 is 2.31 bits per heavy atom. The summed E-state index contributed by atoms with van der Waals surface area (Å²) < 4.78 is 84.0. The summed E-state index contributed by atoms with van der Waals surface area (Å²) >= 11 is 0. The Labute approximate surface area is 254 Å². The minimum atomic E-state index is -4.69. The number of nitrogens with one attached hydrogen (secondary N) is 1. The van der Waals surface area contributed by atoms with Crippen molar-refractivity contribution in [1.29, 1.82) is 0 Å². The summed E-state index contributed by atoms with van der Waals surface area (Å²) in [6, 6.07) is 12.8. The molecule has 0 saturated carbocycles.